The van der Waals surface area contributed by atoms with E-state index in [0.717, 1.165) is 0 Å². The second-order valence-corrected chi connectivity index (χ2v) is 4.73. The number of ether oxygens (including phenoxy) is 1. The molecule has 5 atom stereocenters. The van der Waals surface area contributed by atoms with Crippen LogP contribution in [0.1, 0.15) is 17.3 Å². The summed E-state index contributed by atoms with van der Waals surface area (Å²) >= 11 is 0. The highest BCUT2D eigenvalue weighted by molar-refractivity contribution is 5.94. The van der Waals surface area contributed by atoms with Crippen molar-refractivity contribution in [2.24, 2.45) is 0 Å². The van der Waals surface area contributed by atoms with Crippen molar-refractivity contribution in [1.82, 2.24) is 0 Å². The summed E-state index contributed by atoms with van der Waals surface area (Å²) in [5.74, 6) is -1.12. The number of carbonyl (C=O) groups is 1. The van der Waals surface area contributed by atoms with Crippen molar-refractivity contribution < 1.29 is 30.0 Å². The number of carboxylic acid groups (broad SMARTS) is 1. The number of nitrogens with one attached hydrogen (secondary N) is 1. The van der Waals surface area contributed by atoms with E-state index in [1.165, 1.54) is 12.1 Å². The first-order valence-corrected chi connectivity index (χ1v) is 6.20. The number of hydrogen-bond acceptors (Lipinski definition) is 6. The van der Waals surface area contributed by atoms with Gasteiger partial charge in [0.25, 0.3) is 0 Å². The third-order valence-electron chi connectivity index (χ3n) is 3.31. The zero-order valence-corrected chi connectivity index (χ0v) is 10.8. The Balaban J connectivity index is 2.20. The minimum Gasteiger partial charge on any atom is -0.478 e. The molecule has 1 aliphatic heterocycles. The van der Waals surface area contributed by atoms with Crippen molar-refractivity contribution in [2.45, 2.75) is 37.6 Å². The van der Waals surface area contributed by atoms with Crippen LogP contribution in [0.15, 0.2) is 24.3 Å². The first kappa shape index (κ1) is 14.7. The molecular weight excluding hydrogens is 266 g/mol. The zero-order valence-electron chi connectivity index (χ0n) is 10.8. The van der Waals surface area contributed by atoms with Crippen LogP contribution in [0.5, 0.6) is 0 Å². The van der Waals surface area contributed by atoms with Crippen LogP contribution < -0.4 is 5.32 Å². The molecule has 7 heteroatoms. The van der Waals surface area contributed by atoms with Gasteiger partial charge in [-0.05, 0) is 19.1 Å². The van der Waals surface area contributed by atoms with E-state index < -0.39 is 36.6 Å². The summed E-state index contributed by atoms with van der Waals surface area (Å²) in [6.45, 7) is 1.55. The molecule has 20 heavy (non-hydrogen) atoms. The van der Waals surface area contributed by atoms with Gasteiger partial charge in [-0.25, -0.2) is 4.79 Å². The number of para-hydroxylation sites is 1. The van der Waals surface area contributed by atoms with Crippen LogP contribution in [0, 0.1) is 0 Å². The Hall–Kier alpha value is -1.67. The van der Waals surface area contributed by atoms with Gasteiger partial charge in [0.1, 0.15) is 18.3 Å². The molecule has 0 amide bonds. The Kier molecular flexibility index (Phi) is 4.24. The summed E-state index contributed by atoms with van der Waals surface area (Å²) in [7, 11) is 0. The Morgan fingerprint density at radius 3 is 2.45 bits per heavy atom. The van der Waals surface area contributed by atoms with E-state index in [-0.39, 0.29) is 11.3 Å². The molecule has 0 unspecified atom stereocenters. The lowest BCUT2D eigenvalue weighted by Crippen LogP contribution is -2.58. The summed E-state index contributed by atoms with van der Waals surface area (Å²) in [6.07, 6.45) is -5.64. The monoisotopic (exact) mass is 283 g/mol. The highest BCUT2D eigenvalue weighted by Gasteiger charge is 2.41. The lowest BCUT2D eigenvalue weighted by atomic mass is 9.99. The quantitative estimate of drug-likeness (QED) is 0.513. The molecule has 0 bridgehead atoms. The summed E-state index contributed by atoms with van der Waals surface area (Å²) in [6, 6.07) is 6.16. The molecule has 1 aromatic carbocycles. The van der Waals surface area contributed by atoms with E-state index in [4.69, 9.17) is 9.84 Å². The molecule has 0 spiro atoms. The van der Waals surface area contributed by atoms with E-state index in [1.807, 2.05) is 0 Å². The van der Waals surface area contributed by atoms with E-state index in [2.05, 4.69) is 5.32 Å². The molecule has 5 N–H and O–H groups in total. The van der Waals surface area contributed by atoms with Crippen molar-refractivity contribution in [3.8, 4) is 0 Å². The van der Waals surface area contributed by atoms with Gasteiger partial charge in [-0.2, -0.15) is 0 Å². The lowest BCUT2D eigenvalue weighted by Gasteiger charge is -2.40. The smallest absolute Gasteiger partial charge is 0.337 e. The minimum absolute atomic E-state index is 0.0246. The summed E-state index contributed by atoms with van der Waals surface area (Å²) in [4.78, 5) is 11.1. The fourth-order valence-corrected chi connectivity index (χ4v) is 2.12. The Morgan fingerprint density at radius 2 is 1.80 bits per heavy atom. The van der Waals surface area contributed by atoms with Crippen LogP contribution in [-0.4, -0.2) is 57.0 Å². The molecule has 1 aromatic rings. The Bertz CT molecular complexity index is 494. The van der Waals surface area contributed by atoms with Crippen molar-refractivity contribution in [2.75, 3.05) is 5.32 Å². The van der Waals surface area contributed by atoms with E-state index in [0.29, 0.717) is 0 Å². The van der Waals surface area contributed by atoms with Crippen molar-refractivity contribution in [1.29, 1.82) is 0 Å². The van der Waals surface area contributed by atoms with Crippen LogP contribution in [0.4, 0.5) is 5.69 Å². The van der Waals surface area contributed by atoms with Gasteiger partial charge in [-0.15, -0.1) is 0 Å². The third kappa shape index (κ3) is 2.75. The number of benzene rings is 1. The average molecular weight is 283 g/mol. The summed E-state index contributed by atoms with van der Waals surface area (Å²) in [5.41, 5.74) is 0.288. The normalized spacial score (nSPS) is 33.7. The molecule has 7 nitrogen and oxygen atoms in total. The van der Waals surface area contributed by atoms with E-state index in [1.54, 1.807) is 19.1 Å². The number of rotatable bonds is 3. The lowest BCUT2D eigenvalue weighted by molar-refractivity contribution is -0.209. The molecule has 1 saturated heterocycles. The molecule has 0 aliphatic carbocycles. The van der Waals surface area contributed by atoms with Gasteiger partial charge in [-0.3, -0.25) is 0 Å². The number of anilines is 1. The van der Waals surface area contributed by atoms with Gasteiger partial charge in [0.2, 0.25) is 0 Å². The summed E-state index contributed by atoms with van der Waals surface area (Å²) in [5, 5.41) is 41.0. The molecule has 110 valence electrons. The Labute approximate surface area is 115 Å². The van der Waals surface area contributed by atoms with Gasteiger partial charge in [0.15, 0.2) is 6.23 Å². The van der Waals surface area contributed by atoms with Crippen molar-refractivity contribution >= 4 is 11.7 Å². The standard InChI is InChI=1S/C13H17NO6/c1-6-9(15)10(16)11(17)12(20-6)14-8-5-3-2-4-7(8)13(18)19/h2-6,9-12,14-17H,1H3,(H,18,19)/t6-,9+,10+,11+,12-/m1/s1. The van der Waals surface area contributed by atoms with Crippen molar-refractivity contribution in [3.05, 3.63) is 29.8 Å². The third-order valence-corrected chi connectivity index (χ3v) is 3.31. The largest absolute Gasteiger partial charge is 0.478 e. The molecule has 0 radical (unpaired) electrons. The molecule has 2 rings (SSSR count). The zero-order chi connectivity index (χ0) is 14.9. The molecule has 0 aromatic heterocycles. The van der Waals surface area contributed by atoms with Gasteiger partial charge in [-0.1, -0.05) is 12.1 Å². The second-order valence-electron chi connectivity index (χ2n) is 4.73. The van der Waals surface area contributed by atoms with Crippen LogP contribution in [0.2, 0.25) is 0 Å². The average Bonchev–Trinajstić information content (AvgIpc) is 2.43. The predicted molar refractivity (Wildman–Crippen MR) is 69.4 cm³/mol. The van der Waals surface area contributed by atoms with Crippen LogP contribution >= 0.6 is 0 Å². The molecule has 1 aliphatic rings. The molecule has 1 fully saturated rings. The van der Waals surface area contributed by atoms with Gasteiger partial charge < -0.3 is 30.5 Å². The van der Waals surface area contributed by atoms with Crippen LogP contribution in [-0.2, 0) is 4.74 Å². The number of aromatic carboxylic acids is 1. The first-order chi connectivity index (χ1) is 9.41. The summed E-state index contributed by atoms with van der Waals surface area (Å²) < 4.78 is 5.36. The van der Waals surface area contributed by atoms with Crippen LogP contribution in [0.25, 0.3) is 0 Å². The number of aliphatic hydroxyl groups is 3. The topological polar surface area (TPSA) is 119 Å². The maximum absolute atomic E-state index is 11.1. The van der Waals surface area contributed by atoms with Crippen molar-refractivity contribution in [3.63, 3.8) is 0 Å². The van der Waals surface area contributed by atoms with Crippen LogP contribution in [0.3, 0.4) is 0 Å². The fraction of sp³-hybridized carbons (Fsp3) is 0.462. The molecule has 0 saturated carbocycles. The maximum Gasteiger partial charge on any atom is 0.337 e. The number of hydrogen-bond donors (Lipinski definition) is 5. The predicted octanol–water partition coefficient (Wildman–Crippen LogP) is -0.376. The maximum atomic E-state index is 11.1. The van der Waals surface area contributed by atoms with E-state index >= 15 is 0 Å². The van der Waals surface area contributed by atoms with E-state index in [9.17, 15) is 20.1 Å². The highest BCUT2D eigenvalue weighted by Crippen LogP contribution is 2.24. The number of carboxylic acids is 1. The first-order valence-electron chi connectivity index (χ1n) is 6.20. The highest BCUT2D eigenvalue weighted by atomic mass is 16.5. The molecule has 1 heterocycles. The second kappa shape index (κ2) is 5.76. The number of aliphatic hydroxyl groups excluding tert-OH is 3. The molecular formula is C13H17NO6. The van der Waals surface area contributed by atoms with Gasteiger partial charge in [0, 0.05) is 0 Å². The SMILES string of the molecule is C[C@H]1O[C@@H](Nc2ccccc2C(=O)O)[C@@H](O)[C@@H](O)[C@H]1O. The minimum atomic E-state index is -1.37. The van der Waals surface area contributed by atoms with Gasteiger partial charge in [0.05, 0.1) is 17.4 Å². The Morgan fingerprint density at radius 1 is 1.15 bits per heavy atom. The fourth-order valence-electron chi connectivity index (χ4n) is 2.12. The van der Waals surface area contributed by atoms with Gasteiger partial charge >= 0.3 is 5.97 Å².